The van der Waals surface area contributed by atoms with Gasteiger partial charge >= 0.3 is 0 Å². The van der Waals surface area contributed by atoms with Crippen molar-refractivity contribution in [1.82, 2.24) is 4.98 Å². The van der Waals surface area contributed by atoms with Gasteiger partial charge in [-0.05, 0) is 123 Å². The van der Waals surface area contributed by atoms with Crippen LogP contribution in [0.2, 0.25) is 0 Å². The average Bonchev–Trinajstić information content (AvgIpc) is 3.40. The molecule has 0 aliphatic carbocycles. The van der Waals surface area contributed by atoms with E-state index in [4.69, 9.17) is 4.98 Å². The van der Waals surface area contributed by atoms with Crippen LogP contribution < -0.4 is 0 Å². The van der Waals surface area contributed by atoms with Crippen molar-refractivity contribution < 1.29 is 0 Å². The molecule has 0 saturated carbocycles. The summed E-state index contributed by atoms with van der Waals surface area (Å²) in [5.41, 5.74) is 18.9. The average molecular weight is 838 g/mol. The van der Waals surface area contributed by atoms with Gasteiger partial charge in [-0.2, -0.15) is 0 Å². The van der Waals surface area contributed by atoms with Crippen LogP contribution in [0.15, 0.2) is 261 Å². The Balaban J connectivity index is 1.10. The summed E-state index contributed by atoms with van der Waals surface area (Å²) in [7, 11) is 0. The zero-order chi connectivity index (χ0) is 43.8. The smallest absolute Gasteiger partial charge is 0.0780 e. The molecule has 1 nitrogen and oxygen atoms in total. The first-order chi connectivity index (χ1) is 32.8. The van der Waals surface area contributed by atoms with E-state index in [0.29, 0.717) is 0 Å². The second-order valence-electron chi connectivity index (χ2n) is 16.9. The molecule has 0 radical (unpaired) electrons. The van der Waals surface area contributed by atoms with Crippen molar-refractivity contribution in [3.63, 3.8) is 0 Å². The third-order valence-electron chi connectivity index (χ3n) is 13.1. The second kappa shape index (κ2) is 16.8. The molecule has 66 heavy (non-hydrogen) atoms. The molecule has 0 amide bonds. The summed E-state index contributed by atoms with van der Waals surface area (Å²) in [4.78, 5) is 4.83. The fourth-order valence-corrected chi connectivity index (χ4v) is 10.2. The number of rotatable bonds is 8. The summed E-state index contributed by atoms with van der Waals surface area (Å²) in [6.45, 7) is 0. The molecule has 11 aromatic carbocycles. The predicted molar refractivity (Wildman–Crippen MR) is 280 cm³/mol. The van der Waals surface area contributed by atoms with E-state index in [1.807, 2.05) is 6.20 Å². The summed E-state index contributed by atoms with van der Waals surface area (Å²) >= 11 is 0. The van der Waals surface area contributed by atoms with Crippen molar-refractivity contribution in [1.29, 1.82) is 0 Å². The minimum Gasteiger partial charge on any atom is -0.256 e. The highest BCUT2D eigenvalue weighted by molar-refractivity contribution is 6.21. The first kappa shape index (κ1) is 39.0. The third kappa shape index (κ3) is 6.86. The first-order valence-electron chi connectivity index (χ1n) is 22.7. The van der Waals surface area contributed by atoms with E-state index < -0.39 is 0 Å². The maximum Gasteiger partial charge on any atom is 0.0780 e. The number of nitrogens with zero attached hydrogens (tertiary/aromatic N) is 1. The molecule has 12 aromatic rings. The van der Waals surface area contributed by atoms with Crippen molar-refractivity contribution in [2.45, 2.75) is 0 Å². The van der Waals surface area contributed by atoms with Crippen LogP contribution in [0, 0.1) is 0 Å². The quantitative estimate of drug-likeness (QED) is 0.139. The zero-order valence-electron chi connectivity index (χ0n) is 36.3. The molecular formula is C65H43N. The van der Waals surface area contributed by atoms with Gasteiger partial charge in [-0.25, -0.2) is 0 Å². The molecule has 0 N–H and O–H groups in total. The number of hydrogen-bond donors (Lipinski definition) is 0. The van der Waals surface area contributed by atoms with E-state index in [9.17, 15) is 0 Å². The van der Waals surface area contributed by atoms with Crippen LogP contribution in [-0.4, -0.2) is 4.98 Å². The maximum absolute atomic E-state index is 4.83. The second-order valence-corrected chi connectivity index (χ2v) is 16.9. The lowest BCUT2D eigenvalue weighted by Gasteiger charge is -2.25. The SMILES string of the molecule is c1ccc(-c2cc(-c3cccc(-c4c5ccccc5c(-c5ccc(-c6nccc7ccccc67)cc5)c5ccccc45)c3)c(-c3ccccc3)c(-c3ccccc3)c2-c2ccccc2)cc1. The van der Waals surface area contributed by atoms with Crippen LogP contribution >= 0.6 is 0 Å². The number of hydrogen-bond acceptors (Lipinski definition) is 1. The molecule has 12 rings (SSSR count). The van der Waals surface area contributed by atoms with E-state index in [0.717, 1.165) is 22.2 Å². The van der Waals surface area contributed by atoms with Gasteiger partial charge in [0.05, 0.1) is 5.69 Å². The van der Waals surface area contributed by atoms with Gasteiger partial charge in [0, 0.05) is 17.1 Å². The summed E-state index contributed by atoms with van der Waals surface area (Å²) in [6.07, 6.45) is 1.91. The maximum atomic E-state index is 4.83. The van der Waals surface area contributed by atoms with Gasteiger partial charge < -0.3 is 0 Å². The molecule has 0 unspecified atom stereocenters. The molecule has 1 heteroatoms. The summed E-state index contributed by atoms with van der Waals surface area (Å²) < 4.78 is 0. The molecule has 0 atom stereocenters. The highest BCUT2D eigenvalue weighted by Crippen LogP contribution is 2.51. The van der Waals surface area contributed by atoms with Gasteiger partial charge in [-0.15, -0.1) is 0 Å². The highest BCUT2D eigenvalue weighted by atomic mass is 14.7. The Morgan fingerprint density at radius 3 is 1.14 bits per heavy atom. The number of aromatic nitrogens is 1. The molecular weight excluding hydrogens is 795 g/mol. The van der Waals surface area contributed by atoms with Crippen molar-refractivity contribution in [3.8, 4) is 89.1 Å². The van der Waals surface area contributed by atoms with E-state index in [1.54, 1.807) is 0 Å². The van der Waals surface area contributed by atoms with Gasteiger partial charge in [-0.3, -0.25) is 4.98 Å². The van der Waals surface area contributed by atoms with Gasteiger partial charge in [-0.1, -0.05) is 237 Å². The molecule has 308 valence electrons. The van der Waals surface area contributed by atoms with Gasteiger partial charge in [0.2, 0.25) is 0 Å². The Morgan fingerprint density at radius 2 is 0.591 bits per heavy atom. The number of benzene rings is 11. The largest absolute Gasteiger partial charge is 0.256 e. The van der Waals surface area contributed by atoms with Crippen molar-refractivity contribution in [2.75, 3.05) is 0 Å². The Morgan fingerprint density at radius 1 is 0.212 bits per heavy atom. The van der Waals surface area contributed by atoms with Crippen LogP contribution in [-0.2, 0) is 0 Å². The third-order valence-corrected chi connectivity index (χ3v) is 13.1. The normalized spacial score (nSPS) is 11.3. The van der Waals surface area contributed by atoms with Crippen molar-refractivity contribution in [2.24, 2.45) is 0 Å². The lowest BCUT2D eigenvalue weighted by Crippen LogP contribution is -1.98. The van der Waals surface area contributed by atoms with Crippen LogP contribution in [0.3, 0.4) is 0 Å². The van der Waals surface area contributed by atoms with Crippen LogP contribution in [0.5, 0.6) is 0 Å². The minimum absolute atomic E-state index is 1.00. The lowest BCUT2D eigenvalue weighted by molar-refractivity contribution is 1.36. The summed E-state index contributed by atoms with van der Waals surface area (Å²) in [5.74, 6) is 0. The van der Waals surface area contributed by atoms with E-state index in [-0.39, 0.29) is 0 Å². The lowest BCUT2D eigenvalue weighted by atomic mass is 9.78. The minimum atomic E-state index is 1.00. The zero-order valence-corrected chi connectivity index (χ0v) is 36.3. The molecule has 0 bridgehead atoms. The van der Waals surface area contributed by atoms with E-state index >= 15 is 0 Å². The summed E-state index contributed by atoms with van der Waals surface area (Å²) in [6, 6.07) is 92.8. The van der Waals surface area contributed by atoms with Gasteiger partial charge in [0.25, 0.3) is 0 Å². The number of pyridine rings is 1. The van der Waals surface area contributed by atoms with E-state index in [1.165, 1.54) is 99.3 Å². The molecule has 0 aliphatic rings. The predicted octanol–water partition coefficient (Wildman–Crippen LogP) is 17.9. The van der Waals surface area contributed by atoms with Gasteiger partial charge in [0.15, 0.2) is 0 Å². The Hall–Kier alpha value is -8.65. The van der Waals surface area contributed by atoms with Crippen molar-refractivity contribution >= 4 is 32.3 Å². The summed E-state index contributed by atoms with van der Waals surface area (Å²) in [5, 5.41) is 7.24. The molecule has 0 saturated heterocycles. The van der Waals surface area contributed by atoms with E-state index in [2.05, 4.69) is 255 Å². The van der Waals surface area contributed by atoms with Gasteiger partial charge in [0.1, 0.15) is 0 Å². The first-order valence-corrected chi connectivity index (χ1v) is 22.7. The monoisotopic (exact) mass is 837 g/mol. The Kier molecular flexibility index (Phi) is 9.93. The van der Waals surface area contributed by atoms with Crippen LogP contribution in [0.4, 0.5) is 0 Å². The van der Waals surface area contributed by atoms with Crippen LogP contribution in [0.25, 0.3) is 121 Å². The van der Waals surface area contributed by atoms with Crippen LogP contribution in [0.1, 0.15) is 0 Å². The Labute approximate surface area is 385 Å². The molecule has 0 fully saturated rings. The topological polar surface area (TPSA) is 12.9 Å². The molecule has 0 spiro atoms. The fourth-order valence-electron chi connectivity index (χ4n) is 10.2. The standard InChI is InChI=1S/C65H43N/c1-5-20-44(21-6-1)58-43-59(63(47-25-9-3-10-26-47)64(48-27-11-4-12-28-48)62(58)46-23-7-2-8-24-46)51-29-19-30-52(42-51)61-56-34-17-15-32-54(56)60(55-33-16-18-35-57(55)61)49-36-38-50(39-37-49)65-53-31-14-13-22-45(53)40-41-66-65/h1-43H. The fraction of sp³-hybridized carbons (Fsp3) is 0. The molecule has 1 aromatic heterocycles. The molecule has 1 heterocycles. The van der Waals surface area contributed by atoms with Crippen molar-refractivity contribution in [3.05, 3.63) is 261 Å². The highest BCUT2D eigenvalue weighted by Gasteiger charge is 2.25. The molecule has 0 aliphatic heterocycles. The Bertz CT molecular complexity index is 3650. The number of fused-ring (bicyclic) bond motifs is 3.